The number of nitrogens with zero attached hydrogens (tertiary/aromatic N) is 1. The molecular weight excluding hydrogens is 210 g/mol. The minimum atomic E-state index is -0.165. The fourth-order valence-electron chi connectivity index (χ4n) is 1.71. The summed E-state index contributed by atoms with van der Waals surface area (Å²) in [5.41, 5.74) is 2.54. The lowest BCUT2D eigenvalue weighted by molar-refractivity contribution is 0.0734. The summed E-state index contributed by atoms with van der Waals surface area (Å²) in [4.78, 5) is 2.18. The molecule has 0 aromatic heterocycles. The third-order valence-corrected chi connectivity index (χ3v) is 3.40. The predicted octanol–water partition coefficient (Wildman–Crippen LogP) is 2.84. The van der Waals surface area contributed by atoms with Crippen LogP contribution < -0.4 is 0 Å². The van der Waals surface area contributed by atoms with Crippen LogP contribution in [0.3, 0.4) is 0 Å². The summed E-state index contributed by atoms with van der Waals surface area (Å²) in [6.07, 6.45) is 2.34. The van der Waals surface area contributed by atoms with Crippen molar-refractivity contribution in [3.63, 3.8) is 0 Å². The minimum absolute atomic E-state index is 0.165. The topological polar surface area (TPSA) is 23.5 Å². The Kier molecular flexibility index (Phi) is 5.16. The molecule has 0 radical (unpaired) electrons. The van der Waals surface area contributed by atoms with Gasteiger partial charge in [0.05, 0.1) is 6.61 Å². The Morgan fingerprint density at radius 3 is 2.12 bits per heavy atom. The highest BCUT2D eigenvalue weighted by atomic mass is 16.3. The Bertz CT molecular complexity index is 329. The highest BCUT2D eigenvalue weighted by Crippen LogP contribution is 2.15. The Balaban J connectivity index is 2.63. The van der Waals surface area contributed by atoms with Gasteiger partial charge in [-0.05, 0) is 38.4 Å². The van der Waals surface area contributed by atoms with Crippen LogP contribution in [0.5, 0.6) is 0 Å². The first-order valence-corrected chi connectivity index (χ1v) is 6.39. The maximum atomic E-state index is 9.31. The smallest absolute Gasteiger partial charge is 0.0610 e. The van der Waals surface area contributed by atoms with E-state index >= 15 is 0 Å². The van der Waals surface area contributed by atoms with Crippen LogP contribution in [-0.2, 0) is 13.0 Å². The molecule has 0 spiro atoms. The summed E-state index contributed by atoms with van der Waals surface area (Å²) in [5, 5.41) is 9.31. The van der Waals surface area contributed by atoms with Gasteiger partial charge in [0.25, 0.3) is 0 Å². The van der Waals surface area contributed by atoms with Crippen LogP contribution in [0, 0.1) is 0 Å². The molecule has 1 N–H and O–H groups in total. The second kappa shape index (κ2) is 6.18. The van der Waals surface area contributed by atoms with Crippen LogP contribution in [-0.4, -0.2) is 29.2 Å². The lowest BCUT2D eigenvalue weighted by Crippen LogP contribution is -2.43. The molecule has 1 aromatic rings. The number of rotatable bonds is 6. The number of hydrogen-bond donors (Lipinski definition) is 1. The standard InChI is InChI=1S/C15H25NO/c1-5-6-13-7-9-14(10-8-13)11-16(4)15(2,3)12-17/h7-10,17H,5-6,11-12H2,1-4H3. The summed E-state index contributed by atoms with van der Waals surface area (Å²) in [7, 11) is 2.05. The minimum Gasteiger partial charge on any atom is -0.394 e. The molecule has 0 amide bonds. The van der Waals surface area contributed by atoms with Crippen molar-refractivity contribution in [3.8, 4) is 0 Å². The summed E-state index contributed by atoms with van der Waals surface area (Å²) in [6.45, 7) is 7.36. The average Bonchev–Trinajstić information content (AvgIpc) is 2.32. The molecule has 96 valence electrons. The largest absolute Gasteiger partial charge is 0.394 e. The van der Waals surface area contributed by atoms with E-state index < -0.39 is 0 Å². The van der Waals surface area contributed by atoms with Gasteiger partial charge in [-0.2, -0.15) is 0 Å². The summed E-state index contributed by atoms with van der Waals surface area (Å²) < 4.78 is 0. The van der Waals surface area contributed by atoms with Crippen molar-refractivity contribution in [1.82, 2.24) is 4.90 Å². The van der Waals surface area contributed by atoms with E-state index in [1.807, 2.05) is 0 Å². The Morgan fingerprint density at radius 1 is 1.12 bits per heavy atom. The van der Waals surface area contributed by atoms with Gasteiger partial charge in [0.1, 0.15) is 0 Å². The number of aliphatic hydroxyl groups excluding tert-OH is 1. The molecule has 0 fully saturated rings. The number of benzene rings is 1. The lowest BCUT2D eigenvalue weighted by atomic mass is 10.0. The van der Waals surface area contributed by atoms with Crippen LogP contribution in [0.25, 0.3) is 0 Å². The number of likely N-dealkylation sites (N-methyl/N-ethyl adjacent to an activating group) is 1. The molecule has 0 aliphatic heterocycles. The molecule has 0 bridgehead atoms. The first kappa shape index (κ1) is 14.2. The van der Waals surface area contributed by atoms with E-state index in [2.05, 4.69) is 57.0 Å². The molecule has 0 aliphatic carbocycles. The molecule has 2 heteroatoms. The zero-order valence-electron chi connectivity index (χ0n) is 11.5. The maximum absolute atomic E-state index is 9.31. The molecule has 0 unspecified atom stereocenters. The second-order valence-corrected chi connectivity index (χ2v) is 5.39. The highest BCUT2D eigenvalue weighted by Gasteiger charge is 2.22. The zero-order valence-corrected chi connectivity index (χ0v) is 11.5. The normalized spacial score (nSPS) is 12.1. The van der Waals surface area contributed by atoms with Crippen LogP contribution in [0.2, 0.25) is 0 Å². The summed E-state index contributed by atoms with van der Waals surface area (Å²) in [6, 6.07) is 8.79. The average molecular weight is 235 g/mol. The molecule has 0 saturated carbocycles. The monoisotopic (exact) mass is 235 g/mol. The molecule has 17 heavy (non-hydrogen) atoms. The molecule has 1 aromatic carbocycles. The van der Waals surface area contributed by atoms with Crippen molar-refractivity contribution in [3.05, 3.63) is 35.4 Å². The van der Waals surface area contributed by atoms with Gasteiger partial charge >= 0.3 is 0 Å². The van der Waals surface area contributed by atoms with Crippen LogP contribution in [0.4, 0.5) is 0 Å². The first-order chi connectivity index (χ1) is 7.99. The van der Waals surface area contributed by atoms with Crippen LogP contribution >= 0.6 is 0 Å². The molecule has 0 heterocycles. The van der Waals surface area contributed by atoms with E-state index in [4.69, 9.17) is 0 Å². The van der Waals surface area contributed by atoms with E-state index in [1.54, 1.807) is 0 Å². The Labute approximate surface area is 105 Å². The van der Waals surface area contributed by atoms with Gasteiger partial charge in [-0.1, -0.05) is 37.6 Å². The molecule has 0 saturated heterocycles. The van der Waals surface area contributed by atoms with Crippen molar-refractivity contribution < 1.29 is 5.11 Å². The molecule has 1 rings (SSSR count). The number of aryl methyl sites for hydroxylation is 1. The SMILES string of the molecule is CCCc1ccc(CN(C)C(C)(C)CO)cc1. The van der Waals surface area contributed by atoms with Gasteiger partial charge in [-0.15, -0.1) is 0 Å². The predicted molar refractivity (Wildman–Crippen MR) is 73.1 cm³/mol. The fraction of sp³-hybridized carbons (Fsp3) is 0.600. The van der Waals surface area contributed by atoms with E-state index in [0.717, 1.165) is 13.0 Å². The lowest BCUT2D eigenvalue weighted by Gasteiger charge is -2.33. The molecular formula is C15H25NO. The summed E-state index contributed by atoms with van der Waals surface area (Å²) >= 11 is 0. The second-order valence-electron chi connectivity index (χ2n) is 5.39. The molecule has 0 aliphatic rings. The van der Waals surface area contributed by atoms with E-state index in [0.29, 0.717) is 0 Å². The van der Waals surface area contributed by atoms with Gasteiger partial charge < -0.3 is 5.11 Å². The Morgan fingerprint density at radius 2 is 1.65 bits per heavy atom. The third-order valence-electron chi connectivity index (χ3n) is 3.40. The van der Waals surface area contributed by atoms with Crippen molar-refractivity contribution in [2.24, 2.45) is 0 Å². The number of hydrogen-bond acceptors (Lipinski definition) is 2. The van der Waals surface area contributed by atoms with Gasteiger partial charge in [0, 0.05) is 12.1 Å². The van der Waals surface area contributed by atoms with Gasteiger partial charge in [-0.25, -0.2) is 0 Å². The van der Waals surface area contributed by atoms with Crippen molar-refractivity contribution >= 4 is 0 Å². The van der Waals surface area contributed by atoms with Crippen molar-refractivity contribution in [2.45, 2.75) is 45.7 Å². The van der Waals surface area contributed by atoms with Gasteiger partial charge in [-0.3, -0.25) is 4.90 Å². The van der Waals surface area contributed by atoms with Gasteiger partial charge in [0.15, 0.2) is 0 Å². The zero-order chi connectivity index (χ0) is 12.9. The van der Waals surface area contributed by atoms with E-state index in [9.17, 15) is 5.11 Å². The van der Waals surface area contributed by atoms with Crippen molar-refractivity contribution in [1.29, 1.82) is 0 Å². The highest BCUT2D eigenvalue weighted by molar-refractivity contribution is 5.22. The van der Waals surface area contributed by atoms with Gasteiger partial charge in [0.2, 0.25) is 0 Å². The quantitative estimate of drug-likeness (QED) is 0.819. The van der Waals surface area contributed by atoms with E-state index in [1.165, 1.54) is 17.5 Å². The molecule has 0 atom stereocenters. The number of aliphatic hydroxyl groups is 1. The fourth-order valence-corrected chi connectivity index (χ4v) is 1.71. The molecule has 2 nitrogen and oxygen atoms in total. The van der Waals surface area contributed by atoms with Crippen LogP contribution in [0.15, 0.2) is 24.3 Å². The maximum Gasteiger partial charge on any atom is 0.0610 e. The van der Waals surface area contributed by atoms with Crippen LogP contribution in [0.1, 0.15) is 38.3 Å². The third kappa shape index (κ3) is 4.14. The van der Waals surface area contributed by atoms with E-state index in [-0.39, 0.29) is 12.1 Å². The summed E-state index contributed by atoms with van der Waals surface area (Å²) in [5.74, 6) is 0. The Hall–Kier alpha value is -0.860. The van der Waals surface area contributed by atoms with Crippen molar-refractivity contribution in [2.75, 3.05) is 13.7 Å². The first-order valence-electron chi connectivity index (χ1n) is 6.39.